The average Bonchev–Trinajstić information content (AvgIpc) is 2.79. The van der Waals surface area contributed by atoms with Gasteiger partial charge in [0.05, 0.1) is 0 Å². The van der Waals surface area contributed by atoms with Gasteiger partial charge in [-0.15, -0.1) is 0 Å². The molecule has 30 heavy (non-hydrogen) atoms. The summed E-state index contributed by atoms with van der Waals surface area (Å²) >= 11 is 0. The fourth-order valence-corrected chi connectivity index (χ4v) is 4.00. The van der Waals surface area contributed by atoms with Crippen molar-refractivity contribution in [2.75, 3.05) is 26.8 Å². The summed E-state index contributed by atoms with van der Waals surface area (Å²) in [6.45, 7) is 1.87. The largest absolute Gasteiger partial charge is 0.375 e. The SMILES string of the molecule is COCC(=O)N(Cc1cccnc1)C1CCCN(C(=O)CCCc2ccccc2)C1. The number of methoxy groups -OCH3 is 1. The van der Waals surface area contributed by atoms with Crippen molar-refractivity contribution < 1.29 is 14.3 Å². The van der Waals surface area contributed by atoms with Crippen molar-refractivity contribution in [3.05, 3.63) is 66.0 Å². The van der Waals surface area contributed by atoms with Crippen molar-refractivity contribution in [2.24, 2.45) is 0 Å². The topological polar surface area (TPSA) is 62.7 Å². The summed E-state index contributed by atoms with van der Waals surface area (Å²) < 4.78 is 5.10. The minimum atomic E-state index is -0.0512. The Kier molecular flexibility index (Phi) is 8.39. The Morgan fingerprint density at radius 3 is 2.70 bits per heavy atom. The van der Waals surface area contributed by atoms with E-state index in [4.69, 9.17) is 4.74 Å². The van der Waals surface area contributed by atoms with E-state index in [-0.39, 0.29) is 24.5 Å². The van der Waals surface area contributed by atoms with Crippen LogP contribution >= 0.6 is 0 Å². The predicted molar refractivity (Wildman–Crippen MR) is 116 cm³/mol. The van der Waals surface area contributed by atoms with Crippen LogP contribution in [0.4, 0.5) is 0 Å². The smallest absolute Gasteiger partial charge is 0.249 e. The Bertz CT molecular complexity index is 798. The van der Waals surface area contributed by atoms with Crippen LogP contribution in [0.25, 0.3) is 0 Å². The summed E-state index contributed by atoms with van der Waals surface area (Å²) in [7, 11) is 1.53. The molecule has 160 valence electrons. The van der Waals surface area contributed by atoms with Gasteiger partial charge in [0.25, 0.3) is 0 Å². The number of amides is 2. The van der Waals surface area contributed by atoms with Crippen molar-refractivity contribution in [3.8, 4) is 0 Å². The normalized spacial score (nSPS) is 16.3. The predicted octanol–water partition coefficient (Wildman–Crippen LogP) is 3.07. The van der Waals surface area contributed by atoms with Crippen LogP contribution in [0.1, 0.15) is 36.8 Å². The van der Waals surface area contributed by atoms with E-state index in [0.29, 0.717) is 19.5 Å². The number of nitrogens with zero attached hydrogens (tertiary/aromatic N) is 3. The van der Waals surface area contributed by atoms with Gasteiger partial charge in [0.2, 0.25) is 11.8 Å². The minimum absolute atomic E-state index is 0.000297. The van der Waals surface area contributed by atoms with E-state index in [1.54, 1.807) is 12.4 Å². The van der Waals surface area contributed by atoms with Crippen molar-refractivity contribution in [1.29, 1.82) is 0 Å². The number of aromatic nitrogens is 1. The molecule has 0 N–H and O–H groups in total. The van der Waals surface area contributed by atoms with Crippen LogP contribution in [0.3, 0.4) is 0 Å². The van der Waals surface area contributed by atoms with Crippen LogP contribution in [0.15, 0.2) is 54.9 Å². The first kappa shape index (κ1) is 22.0. The molecule has 0 aliphatic carbocycles. The molecule has 0 bridgehead atoms. The Morgan fingerprint density at radius 1 is 1.17 bits per heavy atom. The molecule has 1 aliphatic heterocycles. The van der Waals surface area contributed by atoms with Crippen LogP contribution in [-0.2, 0) is 27.3 Å². The molecule has 3 rings (SSSR count). The summed E-state index contributed by atoms with van der Waals surface area (Å²) in [6, 6.07) is 14.1. The fourth-order valence-electron chi connectivity index (χ4n) is 4.00. The van der Waals surface area contributed by atoms with Gasteiger partial charge in [0.15, 0.2) is 0 Å². The number of ether oxygens (including phenoxy) is 1. The number of carbonyl (C=O) groups excluding carboxylic acids is 2. The zero-order chi connectivity index (χ0) is 21.2. The van der Waals surface area contributed by atoms with Crippen molar-refractivity contribution in [1.82, 2.24) is 14.8 Å². The molecule has 0 radical (unpaired) electrons. The number of likely N-dealkylation sites (tertiary alicyclic amines) is 1. The molecule has 2 amide bonds. The van der Waals surface area contributed by atoms with E-state index in [9.17, 15) is 9.59 Å². The molecule has 6 nitrogen and oxygen atoms in total. The molecule has 1 aliphatic rings. The Balaban J connectivity index is 1.58. The van der Waals surface area contributed by atoms with E-state index in [1.807, 2.05) is 40.1 Å². The zero-order valence-electron chi connectivity index (χ0n) is 17.7. The second kappa shape index (κ2) is 11.5. The number of pyridine rings is 1. The monoisotopic (exact) mass is 409 g/mol. The highest BCUT2D eigenvalue weighted by atomic mass is 16.5. The first-order valence-electron chi connectivity index (χ1n) is 10.7. The molecule has 1 atom stereocenters. The highest BCUT2D eigenvalue weighted by Gasteiger charge is 2.30. The number of aryl methyl sites for hydroxylation is 1. The van der Waals surface area contributed by atoms with Gasteiger partial charge in [-0.3, -0.25) is 14.6 Å². The Morgan fingerprint density at radius 2 is 1.97 bits per heavy atom. The molecule has 1 aromatic heterocycles. The second-order valence-electron chi connectivity index (χ2n) is 7.79. The standard InChI is InChI=1S/C24H31N3O3/c1-30-19-24(29)27(17-21-11-6-14-25-16-21)22-12-7-15-26(18-22)23(28)13-5-10-20-8-3-2-4-9-20/h2-4,6,8-9,11,14,16,22H,5,7,10,12-13,15,17-19H2,1H3. The molecule has 1 unspecified atom stereocenters. The van der Waals surface area contributed by atoms with E-state index >= 15 is 0 Å². The molecule has 1 saturated heterocycles. The number of piperidine rings is 1. The maximum atomic E-state index is 12.8. The summed E-state index contributed by atoms with van der Waals surface area (Å²) in [6.07, 6.45) is 7.58. The van der Waals surface area contributed by atoms with E-state index in [2.05, 4.69) is 17.1 Å². The molecule has 2 heterocycles. The maximum Gasteiger partial charge on any atom is 0.249 e. The second-order valence-corrected chi connectivity index (χ2v) is 7.79. The van der Waals surface area contributed by atoms with E-state index in [0.717, 1.165) is 37.8 Å². The van der Waals surface area contributed by atoms with Crippen LogP contribution in [0, 0.1) is 0 Å². The van der Waals surface area contributed by atoms with Gasteiger partial charge in [-0.1, -0.05) is 36.4 Å². The summed E-state index contributed by atoms with van der Waals surface area (Å²) in [4.78, 5) is 33.5. The molecule has 0 spiro atoms. The van der Waals surface area contributed by atoms with E-state index < -0.39 is 0 Å². The third-order valence-electron chi connectivity index (χ3n) is 5.55. The lowest BCUT2D eigenvalue weighted by Gasteiger charge is -2.39. The van der Waals surface area contributed by atoms with Gasteiger partial charge < -0.3 is 14.5 Å². The highest BCUT2D eigenvalue weighted by molar-refractivity contribution is 5.78. The summed E-state index contributed by atoms with van der Waals surface area (Å²) in [5, 5.41) is 0. The van der Waals surface area contributed by atoms with Gasteiger partial charge in [0.1, 0.15) is 6.61 Å². The third kappa shape index (κ3) is 6.39. The van der Waals surface area contributed by atoms with Crippen molar-refractivity contribution >= 4 is 11.8 Å². The molecule has 1 fully saturated rings. The molecule has 1 aromatic carbocycles. The highest BCUT2D eigenvalue weighted by Crippen LogP contribution is 2.20. The summed E-state index contributed by atoms with van der Waals surface area (Å²) in [5.74, 6) is 0.126. The van der Waals surface area contributed by atoms with Crippen LogP contribution in [-0.4, -0.2) is 59.4 Å². The van der Waals surface area contributed by atoms with Gasteiger partial charge in [0, 0.05) is 51.6 Å². The maximum absolute atomic E-state index is 12.8. The lowest BCUT2D eigenvalue weighted by Crippen LogP contribution is -2.52. The lowest BCUT2D eigenvalue weighted by molar-refractivity contribution is -0.143. The lowest BCUT2D eigenvalue weighted by atomic mass is 10.0. The quantitative estimate of drug-likeness (QED) is 0.639. The average molecular weight is 410 g/mol. The molecule has 6 heteroatoms. The Labute approximate surface area is 178 Å². The zero-order valence-corrected chi connectivity index (χ0v) is 17.7. The van der Waals surface area contributed by atoms with Gasteiger partial charge in [-0.25, -0.2) is 0 Å². The molecule has 0 saturated carbocycles. The number of benzene rings is 1. The van der Waals surface area contributed by atoms with Gasteiger partial charge in [-0.05, 0) is 42.9 Å². The van der Waals surface area contributed by atoms with E-state index in [1.165, 1.54) is 12.7 Å². The fraction of sp³-hybridized carbons (Fsp3) is 0.458. The summed E-state index contributed by atoms with van der Waals surface area (Å²) in [5.41, 5.74) is 2.24. The number of hydrogen-bond donors (Lipinski definition) is 0. The molecular weight excluding hydrogens is 378 g/mol. The van der Waals surface area contributed by atoms with Crippen molar-refractivity contribution in [2.45, 2.75) is 44.7 Å². The first-order valence-corrected chi connectivity index (χ1v) is 10.7. The first-order chi connectivity index (χ1) is 14.7. The van der Waals surface area contributed by atoms with Crippen LogP contribution < -0.4 is 0 Å². The number of rotatable bonds is 9. The molecular formula is C24H31N3O3. The minimum Gasteiger partial charge on any atom is -0.375 e. The third-order valence-corrected chi connectivity index (χ3v) is 5.55. The van der Waals surface area contributed by atoms with Gasteiger partial charge in [-0.2, -0.15) is 0 Å². The Hall–Kier alpha value is -2.73. The van der Waals surface area contributed by atoms with Crippen molar-refractivity contribution in [3.63, 3.8) is 0 Å². The van der Waals surface area contributed by atoms with Crippen LogP contribution in [0.2, 0.25) is 0 Å². The van der Waals surface area contributed by atoms with Gasteiger partial charge >= 0.3 is 0 Å². The molecule has 2 aromatic rings. The van der Waals surface area contributed by atoms with Crippen LogP contribution in [0.5, 0.6) is 0 Å². The number of carbonyl (C=O) groups is 2. The number of hydrogen-bond acceptors (Lipinski definition) is 4.